The van der Waals surface area contributed by atoms with Gasteiger partial charge in [-0.05, 0) is 54.7 Å². The van der Waals surface area contributed by atoms with Crippen LogP contribution in [0.15, 0.2) is 60.7 Å². The van der Waals surface area contributed by atoms with Crippen LogP contribution in [-0.2, 0) is 22.5 Å². The standard InChI is InChI=1S/C28H28FN3O5/c1-18-15-36-27-24(32(18)28(34)37-16-20-5-3-2-4-6-20)14-21(13-19-7-9-22(29)10-8-19)25(31-27)26(33)30-23-11-12-35-17-23/h2-10,14,18,23H,11-13,15-17H2,1H3,(H,30,33)/t18-,23-/m0/s1. The lowest BCUT2D eigenvalue weighted by atomic mass is 10.0. The van der Waals surface area contributed by atoms with Crippen molar-refractivity contribution in [3.63, 3.8) is 0 Å². The maximum Gasteiger partial charge on any atom is 0.415 e. The Hall–Kier alpha value is -3.98. The van der Waals surface area contributed by atoms with E-state index in [2.05, 4.69) is 10.3 Å². The minimum atomic E-state index is -0.532. The SMILES string of the molecule is C[C@H]1COc2nc(C(=O)N[C@H]3CCOC3)c(Cc3ccc(F)cc3)cc2N1C(=O)OCc1ccccc1. The van der Waals surface area contributed by atoms with E-state index in [0.29, 0.717) is 30.9 Å². The molecule has 1 fully saturated rings. The molecule has 5 rings (SSSR count). The van der Waals surface area contributed by atoms with Crippen LogP contribution in [0.4, 0.5) is 14.9 Å². The summed E-state index contributed by atoms with van der Waals surface area (Å²) < 4.78 is 30.3. The van der Waals surface area contributed by atoms with Gasteiger partial charge in [0.05, 0.1) is 18.7 Å². The quantitative estimate of drug-likeness (QED) is 0.539. The van der Waals surface area contributed by atoms with Gasteiger partial charge in [-0.25, -0.2) is 14.2 Å². The zero-order valence-electron chi connectivity index (χ0n) is 20.5. The molecule has 0 saturated carbocycles. The van der Waals surface area contributed by atoms with Gasteiger partial charge in [0.2, 0.25) is 5.88 Å². The van der Waals surface area contributed by atoms with Gasteiger partial charge >= 0.3 is 6.09 Å². The number of anilines is 1. The summed E-state index contributed by atoms with van der Waals surface area (Å²) in [6.07, 6.45) is 0.501. The second kappa shape index (κ2) is 11.0. The number of amides is 2. The number of aromatic nitrogens is 1. The summed E-state index contributed by atoms with van der Waals surface area (Å²) in [5, 5.41) is 2.97. The molecule has 8 nitrogen and oxygen atoms in total. The van der Waals surface area contributed by atoms with Gasteiger partial charge in [-0.2, -0.15) is 0 Å². The van der Waals surface area contributed by atoms with E-state index in [1.54, 1.807) is 18.2 Å². The predicted molar refractivity (Wildman–Crippen MR) is 134 cm³/mol. The number of hydrogen-bond acceptors (Lipinski definition) is 6. The fraction of sp³-hybridized carbons (Fsp3) is 0.321. The number of nitrogens with one attached hydrogen (secondary N) is 1. The van der Waals surface area contributed by atoms with Gasteiger partial charge < -0.3 is 19.5 Å². The van der Waals surface area contributed by atoms with Crippen LogP contribution in [0.2, 0.25) is 0 Å². The zero-order chi connectivity index (χ0) is 25.8. The number of pyridine rings is 1. The average Bonchev–Trinajstić information content (AvgIpc) is 3.42. The maximum absolute atomic E-state index is 13.5. The first kappa shape index (κ1) is 24.7. The van der Waals surface area contributed by atoms with E-state index in [9.17, 15) is 14.0 Å². The molecule has 0 aliphatic carbocycles. The van der Waals surface area contributed by atoms with Crippen molar-refractivity contribution in [1.29, 1.82) is 0 Å². The number of halogens is 1. The average molecular weight is 506 g/mol. The third kappa shape index (κ3) is 5.72. The number of carbonyl (C=O) groups is 2. The van der Waals surface area contributed by atoms with E-state index < -0.39 is 6.09 Å². The van der Waals surface area contributed by atoms with Gasteiger partial charge in [0, 0.05) is 6.61 Å². The summed E-state index contributed by atoms with van der Waals surface area (Å²) >= 11 is 0. The summed E-state index contributed by atoms with van der Waals surface area (Å²) in [5.74, 6) is -0.512. The van der Waals surface area contributed by atoms with Gasteiger partial charge in [-0.3, -0.25) is 9.69 Å². The number of hydrogen-bond donors (Lipinski definition) is 1. The highest BCUT2D eigenvalue weighted by Crippen LogP contribution is 2.35. The molecule has 0 unspecified atom stereocenters. The molecule has 0 radical (unpaired) electrons. The Morgan fingerprint density at radius 1 is 1.11 bits per heavy atom. The van der Waals surface area contributed by atoms with Crippen LogP contribution >= 0.6 is 0 Å². The summed E-state index contributed by atoms with van der Waals surface area (Å²) in [7, 11) is 0. The molecule has 37 heavy (non-hydrogen) atoms. The number of rotatable bonds is 6. The smallest absolute Gasteiger partial charge is 0.415 e. The number of benzene rings is 2. The van der Waals surface area contributed by atoms with Gasteiger partial charge in [-0.1, -0.05) is 42.5 Å². The number of carbonyl (C=O) groups excluding carboxylic acids is 2. The lowest BCUT2D eigenvalue weighted by Gasteiger charge is -2.34. The molecule has 9 heteroatoms. The first-order valence-electron chi connectivity index (χ1n) is 12.3. The molecule has 192 valence electrons. The summed E-state index contributed by atoms with van der Waals surface area (Å²) in [5.41, 5.74) is 2.87. The van der Waals surface area contributed by atoms with Crippen molar-refractivity contribution < 1.29 is 28.2 Å². The van der Waals surface area contributed by atoms with Crippen LogP contribution in [-0.4, -0.2) is 48.9 Å². The number of fused-ring (bicyclic) bond motifs is 1. The fourth-order valence-electron chi connectivity index (χ4n) is 4.44. The Morgan fingerprint density at radius 2 is 1.89 bits per heavy atom. The monoisotopic (exact) mass is 505 g/mol. The van der Waals surface area contributed by atoms with Gasteiger partial charge in [0.1, 0.15) is 30.4 Å². The Morgan fingerprint density at radius 3 is 2.62 bits per heavy atom. The molecule has 2 aromatic carbocycles. The van der Waals surface area contributed by atoms with Crippen LogP contribution in [0.25, 0.3) is 0 Å². The van der Waals surface area contributed by atoms with E-state index >= 15 is 0 Å². The van der Waals surface area contributed by atoms with Crippen LogP contribution < -0.4 is 15.0 Å². The van der Waals surface area contributed by atoms with Crippen LogP contribution in [0, 0.1) is 5.82 Å². The molecule has 2 aliphatic heterocycles. The third-order valence-corrected chi connectivity index (χ3v) is 6.40. The molecule has 3 heterocycles. The second-order valence-corrected chi connectivity index (χ2v) is 9.23. The Kier molecular flexibility index (Phi) is 7.32. The summed E-state index contributed by atoms with van der Waals surface area (Å²) in [6.45, 7) is 3.21. The molecular weight excluding hydrogens is 477 g/mol. The summed E-state index contributed by atoms with van der Waals surface area (Å²) in [4.78, 5) is 32.5. The minimum Gasteiger partial charge on any atom is -0.474 e. The van der Waals surface area contributed by atoms with E-state index in [1.807, 2.05) is 37.3 Å². The molecule has 2 atom stereocenters. The van der Waals surface area contributed by atoms with Gasteiger partial charge in [0.25, 0.3) is 5.91 Å². The highest BCUT2D eigenvalue weighted by Gasteiger charge is 2.34. The molecule has 1 N–H and O–H groups in total. The normalized spacial score (nSPS) is 18.6. The van der Waals surface area contributed by atoms with Crippen LogP contribution in [0.1, 0.15) is 40.5 Å². The largest absolute Gasteiger partial charge is 0.474 e. The van der Waals surface area contributed by atoms with E-state index in [4.69, 9.17) is 14.2 Å². The van der Waals surface area contributed by atoms with Gasteiger partial charge in [-0.15, -0.1) is 0 Å². The molecule has 0 spiro atoms. The summed E-state index contributed by atoms with van der Waals surface area (Å²) in [6, 6.07) is 16.8. The Bertz CT molecular complexity index is 1260. The molecule has 2 aliphatic rings. The molecule has 1 aromatic heterocycles. The molecule has 2 amide bonds. The molecular formula is C28H28FN3O5. The lowest BCUT2D eigenvalue weighted by molar-refractivity contribution is 0.0922. The first-order chi connectivity index (χ1) is 18.0. The third-order valence-electron chi connectivity index (χ3n) is 6.40. The maximum atomic E-state index is 13.5. The fourth-order valence-corrected chi connectivity index (χ4v) is 4.44. The van der Waals surface area contributed by atoms with Crippen molar-refractivity contribution in [2.45, 2.75) is 38.5 Å². The highest BCUT2D eigenvalue weighted by molar-refractivity contribution is 5.96. The molecule has 1 saturated heterocycles. The van der Waals surface area contributed by atoms with Crippen molar-refractivity contribution in [2.24, 2.45) is 0 Å². The van der Waals surface area contributed by atoms with Crippen molar-refractivity contribution in [3.05, 3.63) is 88.9 Å². The molecule has 0 bridgehead atoms. The van der Waals surface area contributed by atoms with Crippen molar-refractivity contribution >= 4 is 17.7 Å². The van der Waals surface area contributed by atoms with Crippen molar-refractivity contribution in [2.75, 3.05) is 24.7 Å². The van der Waals surface area contributed by atoms with E-state index in [1.165, 1.54) is 17.0 Å². The lowest BCUT2D eigenvalue weighted by Crippen LogP contribution is -2.46. The van der Waals surface area contributed by atoms with Gasteiger partial charge in [0.15, 0.2) is 0 Å². The van der Waals surface area contributed by atoms with Crippen molar-refractivity contribution in [3.8, 4) is 5.88 Å². The minimum absolute atomic E-state index is 0.102. The number of ether oxygens (including phenoxy) is 3. The van der Waals surface area contributed by atoms with E-state index in [0.717, 1.165) is 17.5 Å². The highest BCUT2D eigenvalue weighted by atomic mass is 19.1. The predicted octanol–water partition coefficient (Wildman–Crippen LogP) is 4.25. The van der Waals surface area contributed by atoms with Crippen LogP contribution in [0.3, 0.4) is 0 Å². The van der Waals surface area contributed by atoms with Crippen molar-refractivity contribution in [1.82, 2.24) is 10.3 Å². The Labute approximate surface area is 214 Å². The topological polar surface area (TPSA) is 90.0 Å². The molecule has 3 aromatic rings. The second-order valence-electron chi connectivity index (χ2n) is 9.23. The van der Waals surface area contributed by atoms with Crippen LogP contribution in [0.5, 0.6) is 5.88 Å². The first-order valence-corrected chi connectivity index (χ1v) is 12.3. The zero-order valence-corrected chi connectivity index (χ0v) is 20.5. The Balaban J connectivity index is 1.46. The van der Waals surface area contributed by atoms with E-state index in [-0.39, 0.29) is 48.6 Å². The number of nitrogens with zero attached hydrogens (tertiary/aromatic N) is 2.